The van der Waals surface area contributed by atoms with Gasteiger partial charge in [0.05, 0.1) is 12.6 Å². The Balaban J connectivity index is 2.41. The average molecular weight is 248 g/mol. The molecule has 2 atom stereocenters. The standard InChI is InChI=1S/C15H24N2O/c1-11-8-14(2,3)10-15(16,9-11)13-12(18-4)6-5-7-17-13/h5-7,11H,8-10,16H2,1-4H3. The lowest BCUT2D eigenvalue weighted by molar-refractivity contribution is 0.102. The molecule has 2 rings (SSSR count). The first-order chi connectivity index (χ1) is 8.36. The largest absolute Gasteiger partial charge is 0.495 e. The molecule has 1 aliphatic rings. The molecule has 2 N–H and O–H groups in total. The number of pyridine rings is 1. The van der Waals surface area contributed by atoms with Crippen molar-refractivity contribution in [2.24, 2.45) is 17.1 Å². The van der Waals surface area contributed by atoms with Crippen LogP contribution in [0.2, 0.25) is 0 Å². The van der Waals surface area contributed by atoms with Gasteiger partial charge in [0.15, 0.2) is 0 Å². The fourth-order valence-corrected chi connectivity index (χ4v) is 3.75. The summed E-state index contributed by atoms with van der Waals surface area (Å²) in [7, 11) is 1.68. The predicted molar refractivity (Wildman–Crippen MR) is 73.5 cm³/mol. The molecule has 18 heavy (non-hydrogen) atoms. The van der Waals surface area contributed by atoms with Crippen LogP contribution in [0.5, 0.6) is 5.75 Å². The van der Waals surface area contributed by atoms with Gasteiger partial charge in [0, 0.05) is 6.20 Å². The third kappa shape index (κ3) is 2.51. The van der Waals surface area contributed by atoms with E-state index in [-0.39, 0.29) is 11.0 Å². The summed E-state index contributed by atoms with van der Waals surface area (Å²) < 4.78 is 5.42. The van der Waals surface area contributed by atoms with Crippen LogP contribution in [0.15, 0.2) is 18.3 Å². The second-order valence-electron chi connectivity index (χ2n) is 6.56. The summed E-state index contributed by atoms with van der Waals surface area (Å²) >= 11 is 0. The van der Waals surface area contributed by atoms with Crippen LogP contribution >= 0.6 is 0 Å². The van der Waals surface area contributed by atoms with Gasteiger partial charge in [-0.05, 0) is 42.7 Å². The molecular formula is C15H24N2O. The lowest BCUT2D eigenvalue weighted by atomic mass is 9.63. The lowest BCUT2D eigenvalue weighted by Crippen LogP contribution is -2.47. The van der Waals surface area contributed by atoms with Crippen molar-refractivity contribution in [3.63, 3.8) is 0 Å². The highest BCUT2D eigenvalue weighted by atomic mass is 16.5. The Bertz CT molecular complexity index is 430. The molecule has 0 spiro atoms. The first kappa shape index (κ1) is 13.3. The van der Waals surface area contributed by atoms with Gasteiger partial charge in [-0.2, -0.15) is 0 Å². The number of rotatable bonds is 2. The van der Waals surface area contributed by atoms with Gasteiger partial charge in [-0.3, -0.25) is 4.98 Å². The number of hydrogen-bond acceptors (Lipinski definition) is 3. The maximum absolute atomic E-state index is 6.68. The summed E-state index contributed by atoms with van der Waals surface area (Å²) in [6.45, 7) is 6.86. The molecule has 1 aromatic rings. The molecule has 3 heteroatoms. The summed E-state index contributed by atoms with van der Waals surface area (Å²) in [5, 5.41) is 0. The Hall–Kier alpha value is -1.09. The second-order valence-corrected chi connectivity index (χ2v) is 6.56. The van der Waals surface area contributed by atoms with Gasteiger partial charge < -0.3 is 10.5 Å². The third-order valence-electron chi connectivity index (χ3n) is 3.87. The van der Waals surface area contributed by atoms with E-state index >= 15 is 0 Å². The molecule has 1 saturated carbocycles. The molecule has 1 fully saturated rings. The quantitative estimate of drug-likeness (QED) is 0.875. The molecule has 1 aromatic heterocycles. The minimum atomic E-state index is -0.367. The van der Waals surface area contributed by atoms with E-state index in [1.165, 1.54) is 6.42 Å². The zero-order valence-electron chi connectivity index (χ0n) is 11.9. The zero-order valence-corrected chi connectivity index (χ0v) is 11.9. The molecule has 0 amide bonds. The van der Waals surface area contributed by atoms with Crippen molar-refractivity contribution in [3.05, 3.63) is 24.0 Å². The predicted octanol–water partition coefficient (Wildman–Crippen LogP) is 3.09. The Morgan fingerprint density at radius 3 is 2.72 bits per heavy atom. The molecule has 1 aliphatic carbocycles. The van der Waals surface area contributed by atoms with E-state index in [2.05, 4.69) is 25.8 Å². The van der Waals surface area contributed by atoms with E-state index in [0.29, 0.717) is 5.92 Å². The van der Waals surface area contributed by atoms with Gasteiger partial charge in [0.1, 0.15) is 11.4 Å². The van der Waals surface area contributed by atoms with Crippen molar-refractivity contribution < 1.29 is 4.74 Å². The van der Waals surface area contributed by atoms with E-state index in [4.69, 9.17) is 10.5 Å². The van der Waals surface area contributed by atoms with Crippen LogP contribution in [-0.4, -0.2) is 12.1 Å². The average Bonchev–Trinajstić information content (AvgIpc) is 2.25. The Labute approximate surface area is 110 Å². The van der Waals surface area contributed by atoms with E-state index < -0.39 is 0 Å². The minimum Gasteiger partial charge on any atom is -0.495 e. The van der Waals surface area contributed by atoms with Crippen LogP contribution in [0.3, 0.4) is 0 Å². The highest BCUT2D eigenvalue weighted by Gasteiger charge is 2.43. The van der Waals surface area contributed by atoms with Crippen molar-refractivity contribution in [2.45, 2.75) is 45.6 Å². The number of methoxy groups -OCH3 is 1. The van der Waals surface area contributed by atoms with Gasteiger partial charge in [-0.1, -0.05) is 20.8 Å². The summed E-state index contributed by atoms with van der Waals surface area (Å²) in [6.07, 6.45) is 4.96. The van der Waals surface area contributed by atoms with E-state index in [1.807, 2.05) is 12.1 Å². The van der Waals surface area contributed by atoms with Crippen LogP contribution in [-0.2, 0) is 5.54 Å². The fraction of sp³-hybridized carbons (Fsp3) is 0.667. The maximum Gasteiger partial charge on any atom is 0.142 e. The summed E-state index contributed by atoms with van der Waals surface area (Å²) in [5.74, 6) is 1.43. The summed E-state index contributed by atoms with van der Waals surface area (Å²) in [6, 6.07) is 3.84. The van der Waals surface area contributed by atoms with E-state index in [9.17, 15) is 0 Å². The van der Waals surface area contributed by atoms with Gasteiger partial charge in [-0.25, -0.2) is 0 Å². The summed E-state index contributed by atoms with van der Waals surface area (Å²) in [5.41, 5.74) is 7.48. The van der Waals surface area contributed by atoms with Crippen LogP contribution in [0.4, 0.5) is 0 Å². The smallest absolute Gasteiger partial charge is 0.142 e. The fourth-order valence-electron chi connectivity index (χ4n) is 3.75. The number of ether oxygens (including phenoxy) is 1. The molecule has 1 heterocycles. The normalized spacial score (nSPS) is 31.1. The first-order valence-electron chi connectivity index (χ1n) is 6.65. The van der Waals surface area contributed by atoms with Crippen molar-refractivity contribution >= 4 is 0 Å². The Morgan fingerprint density at radius 2 is 2.11 bits per heavy atom. The monoisotopic (exact) mass is 248 g/mol. The maximum atomic E-state index is 6.68. The molecule has 2 unspecified atom stereocenters. The number of hydrogen-bond donors (Lipinski definition) is 1. The molecule has 3 nitrogen and oxygen atoms in total. The van der Waals surface area contributed by atoms with E-state index in [0.717, 1.165) is 24.3 Å². The Kier molecular flexibility index (Phi) is 3.37. The highest BCUT2D eigenvalue weighted by molar-refractivity contribution is 5.33. The van der Waals surface area contributed by atoms with Crippen LogP contribution in [0.25, 0.3) is 0 Å². The molecule has 0 saturated heterocycles. The number of aromatic nitrogens is 1. The topological polar surface area (TPSA) is 48.1 Å². The zero-order chi connectivity index (χ0) is 13.4. The molecule has 0 radical (unpaired) electrons. The van der Waals surface area contributed by atoms with Gasteiger partial charge in [0.25, 0.3) is 0 Å². The van der Waals surface area contributed by atoms with Crippen molar-refractivity contribution in [1.82, 2.24) is 4.98 Å². The first-order valence-corrected chi connectivity index (χ1v) is 6.65. The number of nitrogens with zero attached hydrogens (tertiary/aromatic N) is 1. The van der Waals surface area contributed by atoms with Crippen LogP contribution in [0.1, 0.15) is 45.7 Å². The number of nitrogens with two attached hydrogens (primary N) is 1. The lowest BCUT2D eigenvalue weighted by Gasteiger charge is -2.45. The van der Waals surface area contributed by atoms with Gasteiger partial charge >= 0.3 is 0 Å². The van der Waals surface area contributed by atoms with Gasteiger partial charge in [-0.15, -0.1) is 0 Å². The van der Waals surface area contributed by atoms with Crippen LogP contribution in [0, 0.1) is 11.3 Å². The second kappa shape index (κ2) is 4.54. The van der Waals surface area contributed by atoms with Crippen molar-refractivity contribution in [1.29, 1.82) is 0 Å². The SMILES string of the molecule is COc1cccnc1C1(N)CC(C)CC(C)(C)C1. The van der Waals surface area contributed by atoms with Crippen LogP contribution < -0.4 is 10.5 Å². The van der Waals surface area contributed by atoms with E-state index in [1.54, 1.807) is 13.3 Å². The summed E-state index contributed by atoms with van der Waals surface area (Å²) in [4.78, 5) is 4.49. The third-order valence-corrected chi connectivity index (χ3v) is 3.87. The molecule has 0 aliphatic heterocycles. The Morgan fingerprint density at radius 1 is 1.39 bits per heavy atom. The minimum absolute atomic E-state index is 0.259. The van der Waals surface area contributed by atoms with Gasteiger partial charge in [0.2, 0.25) is 0 Å². The van der Waals surface area contributed by atoms with Crippen molar-refractivity contribution in [2.75, 3.05) is 7.11 Å². The molecule has 0 bridgehead atoms. The molecule has 100 valence electrons. The molecule has 0 aromatic carbocycles. The highest BCUT2D eigenvalue weighted by Crippen LogP contribution is 2.48. The van der Waals surface area contributed by atoms with Crippen molar-refractivity contribution in [3.8, 4) is 5.75 Å². The molecular weight excluding hydrogens is 224 g/mol.